The van der Waals surface area contributed by atoms with E-state index in [0.717, 1.165) is 55.8 Å². The van der Waals surface area contributed by atoms with Gasteiger partial charge in [-0.05, 0) is 80.4 Å². The van der Waals surface area contributed by atoms with Crippen LogP contribution < -0.4 is 9.47 Å². The highest BCUT2D eigenvalue weighted by Gasteiger charge is 2.48. The van der Waals surface area contributed by atoms with Crippen LogP contribution in [0.25, 0.3) is 67.5 Å². The van der Waals surface area contributed by atoms with Gasteiger partial charge in [0.15, 0.2) is 40.5 Å². The Bertz CT molecular complexity index is 3300. The SMILES string of the molecule is c1ccc(-c2cccc(-c3nc(-c4ccccc4)nc(-c4cccc(-c5ccc6c(c5)Oc5ccc7c(c5O6)-c5ccccc5C7(c5ccccc5)c5ccccc5)c4)n3)c2)cc1. The summed E-state index contributed by atoms with van der Waals surface area (Å²) in [5.74, 6) is 4.54. The number of nitrogens with zero attached hydrogens (tertiary/aromatic N) is 3. The lowest BCUT2D eigenvalue weighted by Crippen LogP contribution is -2.28. The zero-order chi connectivity index (χ0) is 41.7. The third-order valence-corrected chi connectivity index (χ3v) is 12.3. The third kappa shape index (κ3) is 6.13. The van der Waals surface area contributed by atoms with Gasteiger partial charge in [0.25, 0.3) is 0 Å². The first-order chi connectivity index (χ1) is 31.2. The Balaban J connectivity index is 0.920. The minimum absolute atomic E-state index is 0.532. The zero-order valence-corrected chi connectivity index (χ0v) is 34.0. The average molecular weight is 808 g/mol. The number of hydrogen-bond donors (Lipinski definition) is 0. The maximum absolute atomic E-state index is 6.92. The van der Waals surface area contributed by atoms with Gasteiger partial charge in [-0.2, -0.15) is 0 Å². The number of ether oxygens (including phenoxy) is 2. The predicted octanol–water partition coefficient (Wildman–Crippen LogP) is 14.5. The van der Waals surface area contributed by atoms with Crippen LogP contribution in [0.3, 0.4) is 0 Å². The summed E-state index contributed by atoms with van der Waals surface area (Å²) in [5, 5.41) is 0. The van der Waals surface area contributed by atoms with Crippen LogP contribution in [0.2, 0.25) is 0 Å². The van der Waals surface area contributed by atoms with E-state index in [4.69, 9.17) is 24.4 Å². The van der Waals surface area contributed by atoms with Crippen molar-refractivity contribution in [3.63, 3.8) is 0 Å². The summed E-state index contributed by atoms with van der Waals surface area (Å²) in [4.78, 5) is 15.1. The van der Waals surface area contributed by atoms with Crippen LogP contribution >= 0.6 is 0 Å². The van der Waals surface area contributed by atoms with E-state index in [-0.39, 0.29) is 0 Å². The molecule has 2 aliphatic rings. The van der Waals surface area contributed by atoms with Crippen molar-refractivity contribution in [2.45, 2.75) is 5.41 Å². The molecule has 1 aromatic heterocycles. The van der Waals surface area contributed by atoms with Crippen molar-refractivity contribution >= 4 is 0 Å². The number of aromatic nitrogens is 3. The molecule has 5 heteroatoms. The van der Waals surface area contributed by atoms with E-state index in [1.54, 1.807) is 0 Å². The van der Waals surface area contributed by atoms with Gasteiger partial charge in [-0.25, -0.2) is 15.0 Å². The molecule has 0 atom stereocenters. The Morgan fingerprint density at radius 3 is 1.41 bits per heavy atom. The summed E-state index contributed by atoms with van der Waals surface area (Å²) in [6, 6.07) is 77.8. The van der Waals surface area contributed by atoms with E-state index in [9.17, 15) is 0 Å². The smallest absolute Gasteiger partial charge is 0.178 e. The highest BCUT2D eigenvalue weighted by molar-refractivity contribution is 5.92. The standard InChI is InChI=1S/C58H37N3O2/c1-5-17-38(18-6-1)40-21-15-23-43(35-40)56-59-55(39-19-7-2-8-20-39)60-57(61-56)44-24-16-22-41(36-44)42-31-33-50-52(37-42)62-51-34-32-49-53(54(51)63-50)47-29-13-14-30-48(47)58(49,45-25-9-3-10-26-45)46-27-11-4-12-28-46/h1-37H. The molecular weight excluding hydrogens is 771 g/mol. The largest absolute Gasteiger partial charge is 0.449 e. The van der Waals surface area contributed by atoms with Gasteiger partial charge in [-0.1, -0.05) is 194 Å². The van der Waals surface area contributed by atoms with Crippen LogP contribution in [0, 0.1) is 0 Å². The molecule has 1 aliphatic carbocycles. The van der Waals surface area contributed by atoms with Gasteiger partial charge in [-0.3, -0.25) is 0 Å². The van der Waals surface area contributed by atoms with E-state index in [1.165, 1.54) is 22.3 Å². The second-order valence-corrected chi connectivity index (χ2v) is 15.9. The quantitative estimate of drug-likeness (QED) is 0.161. The Morgan fingerprint density at radius 2 is 0.778 bits per heavy atom. The van der Waals surface area contributed by atoms with E-state index in [0.29, 0.717) is 34.7 Å². The highest BCUT2D eigenvalue weighted by atomic mass is 16.6. The minimum atomic E-state index is -0.532. The first kappa shape index (κ1) is 36.4. The molecule has 0 fully saturated rings. The molecule has 0 bridgehead atoms. The van der Waals surface area contributed by atoms with Crippen LogP contribution in [-0.2, 0) is 5.41 Å². The molecule has 296 valence electrons. The lowest BCUT2D eigenvalue weighted by molar-refractivity contribution is 0.360. The van der Waals surface area contributed by atoms with Crippen LogP contribution in [-0.4, -0.2) is 15.0 Å². The van der Waals surface area contributed by atoms with Crippen molar-refractivity contribution in [3.05, 3.63) is 247 Å². The van der Waals surface area contributed by atoms with Gasteiger partial charge in [0.05, 0.1) is 5.41 Å². The molecule has 0 saturated heterocycles. The highest BCUT2D eigenvalue weighted by Crippen LogP contribution is 2.62. The van der Waals surface area contributed by atoms with E-state index < -0.39 is 5.41 Å². The van der Waals surface area contributed by atoms with Crippen LogP contribution in [0.1, 0.15) is 22.3 Å². The summed E-state index contributed by atoms with van der Waals surface area (Å²) < 4.78 is 13.7. The number of fused-ring (bicyclic) bond motifs is 6. The fraction of sp³-hybridized carbons (Fsp3) is 0.0172. The monoisotopic (exact) mass is 807 g/mol. The van der Waals surface area contributed by atoms with Crippen LogP contribution in [0.5, 0.6) is 23.0 Å². The Labute approximate surface area is 365 Å². The molecule has 10 aromatic rings. The molecule has 1 aliphatic heterocycles. The van der Waals surface area contributed by atoms with Crippen molar-refractivity contribution in [1.82, 2.24) is 15.0 Å². The number of rotatable bonds is 7. The van der Waals surface area contributed by atoms with Crippen molar-refractivity contribution in [1.29, 1.82) is 0 Å². The molecule has 0 amide bonds. The molecule has 12 rings (SSSR count). The van der Waals surface area contributed by atoms with Gasteiger partial charge >= 0.3 is 0 Å². The Kier molecular flexibility index (Phi) is 8.64. The number of hydrogen-bond acceptors (Lipinski definition) is 5. The van der Waals surface area contributed by atoms with E-state index in [2.05, 4.69) is 176 Å². The topological polar surface area (TPSA) is 57.1 Å². The minimum Gasteiger partial charge on any atom is -0.449 e. The first-order valence-electron chi connectivity index (χ1n) is 21.2. The molecule has 0 N–H and O–H groups in total. The lowest BCUT2D eigenvalue weighted by Gasteiger charge is -2.34. The Morgan fingerprint density at radius 1 is 0.302 bits per heavy atom. The molecule has 9 aromatic carbocycles. The van der Waals surface area contributed by atoms with Crippen molar-refractivity contribution < 1.29 is 9.47 Å². The number of benzene rings is 9. The summed E-state index contributed by atoms with van der Waals surface area (Å²) in [5.41, 5.74) is 13.4. The van der Waals surface area contributed by atoms with Gasteiger partial charge in [0.1, 0.15) is 0 Å². The second kappa shape index (κ2) is 14.9. The van der Waals surface area contributed by atoms with Gasteiger partial charge in [0.2, 0.25) is 0 Å². The molecule has 0 spiro atoms. The van der Waals surface area contributed by atoms with Gasteiger partial charge < -0.3 is 9.47 Å². The average Bonchev–Trinajstić information content (AvgIpc) is 3.68. The van der Waals surface area contributed by atoms with E-state index in [1.807, 2.05) is 48.5 Å². The van der Waals surface area contributed by atoms with Crippen LogP contribution in [0.4, 0.5) is 0 Å². The normalized spacial score (nSPS) is 12.8. The van der Waals surface area contributed by atoms with Crippen LogP contribution in [0.15, 0.2) is 224 Å². The zero-order valence-electron chi connectivity index (χ0n) is 34.0. The maximum atomic E-state index is 6.92. The molecular formula is C58H37N3O2. The second-order valence-electron chi connectivity index (χ2n) is 15.9. The summed E-state index contributed by atoms with van der Waals surface area (Å²) in [6.07, 6.45) is 0. The molecule has 2 heterocycles. The summed E-state index contributed by atoms with van der Waals surface area (Å²) in [6.45, 7) is 0. The van der Waals surface area contributed by atoms with E-state index >= 15 is 0 Å². The van der Waals surface area contributed by atoms with Gasteiger partial charge in [0, 0.05) is 22.3 Å². The predicted molar refractivity (Wildman–Crippen MR) is 251 cm³/mol. The molecule has 0 radical (unpaired) electrons. The summed E-state index contributed by atoms with van der Waals surface area (Å²) >= 11 is 0. The molecule has 5 nitrogen and oxygen atoms in total. The first-order valence-corrected chi connectivity index (χ1v) is 21.2. The molecule has 63 heavy (non-hydrogen) atoms. The fourth-order valence-corrected chi connectivity index (χ4v) is 9.40. The lowest BCUT2D eigenvalue weighted by atomic mass is 9.68. The molecule has 0 unspecified atom stereocenters. The molecule has 0 saturated carbocycles. The fourth-order valence-electron chi connectivity index (χ4n) is 9.40. The van der Waals surface area contributed by atoms with Crippen molar-refractivity contribution in [2.75, 3.05) is 0 Å². The van der Waals surface area contributed by atoms with Crippen molar-refractivity contribution in [3.8, 4) is 90.5 Å². The Hall–Kier alpha value is -8.41. The van der Waals surface area contributed by atoms with Crippen molar-refractivity contribution in [2.24, 2.45) is 0 Å². The van der Waals surface area contributed by atoms with Gasteiger partial charge in [-0.15, -0.1) is 0 Å². The third-order valence-electron chi connectivity index (χ3n) is 12.3. The summed E-state index contributed by atoms with van der Waals surface area (Å²) in [7, 11) is 0. The maximum Gasteiger partial charge on any atom is 0.178 e.